The average Bonchev–Trinajstić information content (AvgIpc) is 2.77. The summed E-state index contributed by atoms with van der Waals surface area (Å²) in [5.74, 6) is 0. The fraction of sp³-hybridized carbons (Fsp3) is 0.0909. The van der Waals surface area contributed by atoms with Crippen molar-refractivity contribution in [2.24, 2.45) is 0 Å². The van der Waals surface area contributed by atoms with Crippen LogP contribution in [-0.2, 0) is 6.42 Å². The van der Waals surface area contributed by atoms with Gasteiger partial charge in [-0.1, -0.05) is 35.1 Å². The molecule has 2 N–H and O–H groups in total. The molecular weight excluding hydrogens is 286 g/mol. The molecule has 0 fully saturated rings. The summed E-state index contributed by atoms with van der Waals surface area (Å²) in [5.41, 5.74) is 6.50. The number of fused-ring (bicyclic) bond motifs is 1. The first kappa shape index (κ1) is 12.1. The maximum Gasteiger partial charge on any atom is 0.297 e. The molecule has 0 aliphatic rings. The Morgan fingerprint density at radius 1 is 1.26 bits per heavy atom. The van der Waals surface area contributed by atoms with Crippen molar-refractivity contribution in [3.8, 4) is 0 Å². The van der Waals surface area contributed by atoms with Gasteiger partial charge in [-0.3, -0.25) is 4.79 Å². The Morgan fingerprint density at radius 3 is 2.74 bits per heavy atom. The van der Waals surface area contributed by atoms with Gasteiger partial charge in [0.25, 0.3) is 5.56 Å². The number of aromatic nitrogens is 4. The molecule has 3 rings (SSSR count). The Morgan fingerprint density at radius 2 is 2.00 bits per heavy atom. The molecule has 0 aliphatic carbocycles. The molecule has 2 aromatic heterocycles. The van der Waals surface area contributed by atoms with Gasteiger partial charge in [-0.15, -0.1) is 15.3 Å². The molecule has 0 unspecified atom stereocenters. The molecule has 6 nitrogen and oxygen atoms in total. The highest BCUT2D eigenvalue weighted by Gasteiger charge is 2.11. The molecule has 0 amide bonds. The molecule has 0 saturated heterocycles. The third-order valence-corrected chi connectivity index (χ3v) is 3.54. The fourth-order valence-electron chi connectivity index (χ4n) is 1.67. The minimum absolute atomic E-state index is 0.287. The summed E-state index contributed by atoms with van der Waals surface area (Å²) in [6, 6.07) is 7.21. The summed E-state index contributed by atoms with van der Waals surface area (Å²) >= 11 is 6.93. The van der Waals surface area contributed by atoms with Crippen LogP contribution in [0.1, 0.15) is 11.3 Å². The van der Waals surface area contributed by atoms with Crippen molar-refractivity contribution in [3.63, 3.8) is 0 Å². The second kappa shape index (κ2) is 4.60. The van der Waals surface area contributed by atoms with Crippen LogP contribution in [0.25, 0.3) is 4.96 Å². The number of nitrogen functional groups attached to an aromatic ring is 1. The molecule has 0 atom stereocenters. The predicted octanol–water partition coefficient (Wildman–Crippen LogP) is 1.37. The minimum Gasteiger partial charge on any atom is -0.374 e. The first-order valence-electron chi connectivity index (χ1n) is 5.39. The van der Waals surface area contributed by atoms with Crippen LogP contribution >= 0.6 is 22.9 Å². The molecule has 1 aromatic carbocycles. The van der Waals surface area contributed by atoms with Gasteiger partial charge in [-0.25, -0.2) is 0 Å². The van der Waals surface area contributed by atoms with Crippen LogP contribution in [0, 0.1) is 0 Å². The van der Waals surface area contributed by atoms with E-state index in [1.54, 1.807) is 12.1 Å². The topological polar surface area (TPSA) is 86.2 Å². The summed E-state index contributed by atoms with van der Waals surface area (Å²) in [6.45, 7) is 0. The number of nitrogens with two attached hydrogens (primary N) is 1. The van der Waals surface area contributed by atoms with E-state index in [9.17, 15) is 4.79 Å². The second-order valence-electron chi connectivity index (χ2n) is 3.89. The molecule has 19 heavy (non-hydrogen) atoms. The summed E-state index contributed by atoms with van der Waals surface area (Å²) in [5, 5.41) is 12.7. The Kier molecular flexibility index (Phi) is 2.92. The van der Waals surface area contributed by atoms with E-state index < -0.39 is 0 Å². The van der Waals surface area contributed by atoms with E-state index in [0.29, 0.717) is 22.1 Å². The number of anilines is 1. The van der Waals surface area contributed by atoms with Gasteiger partial charge in [0, 0.05) is 11.4 Å². The summed E-state index contributed by atoms with van der Waals surface area (Å²) in [7, 11) is 0. The molecule has 0 bridgehead atoms. The normalized spacial score (nSPS) is 11.0. The summed E-state index contributed by atoms with van der Waals surface area (Å²) < 4.78 is 1.18. The third kappa shape index (κ3) is 2.29. The van der Waals surface area contributed by atoms with Crippen LogP contribution in [0.15, 0.2) is 29.1 Å². The fourth-order valence-corrected chi connectivity index (χ4v) is 2.40. The number of hydrogen-bond acceptors (Lipinski definition) is 6. The van der Waals surface area contributed by atoms with Gasteiger partial charge in [-0.2, -0.15) is 4.52 Å². The van der Waals surface area contributed by atoms with E-state index in [-0.39, 0.29) is 10.7 Å². The summed E-state index contributed by atoms with van der Waals surface area (Å²) in [4.78, 5) is 12.5. The molecule has 8 heteroatoms. The van der Waals surface area contributed by atoms with Crippen LogP contribution in [0.4, 0.5) is 5.13 Å². The minimum atomic E-state index is -0.298. The Hall–Kier alpha value is -1.99. The van der Waals surface area contributed by atoms with Crippen LogP contribution < -0.4 is 11.3 Å². The highest BCUT2D eigenvalue weighted by molar-refractivity contribution is 7.20. The van der Waals surface area contributed by atoms with Crippen molar-refractivity contribution < 1.29 is 0 Å². The van der Waals surface area contributed by atoms with Gasteiger partial charge >= 0.3 is 0 Å². The largest absolute Gasteiger partial charge is 0.374 e. The number of halogens is 1. The zero-order chi connectivity index (χ0) is 13.4. The molecule has 3 aromatic rings. The lowest BCUT2D eigenvalue weighted by molar-refractivity contribution is 0.811. The molecule has 96 valence electrons. The van der Waals surface area contributed by atoms with E-state index in [2.05, 4.69) is 15.3 Å². The zero-order valence-electron chi connectivity index (χ0n) is 9.58. The maximum absolute atomic E-state index is 12.1. The number of rotatable bonds is 2. The van der Waals surface area contributed by atoms with Crippen molar-refractivity contribution >= 4 is 33.0 Å². The lowest BCUT2D eigenvalue weighted by Crippen LogP contribution is -2.22. The number of hydrogen-bond donors (Lipinski definition) is 1. The van der Waals surface area contributed by atoms with Crippen LogP contribution in [0.5, 0.6) is 0 Å². The van der Waals surface area contributed by atoms with Crippen LogP contribution in [-0.4, -0.2) is 19.8 Å². The van der Waals surface area contributed by atoms with Crippen LogP contribution in [0.2, 0.25) is 5.02 Å². The van der Waals surface area contributed by atoms with E-state index in [0.717, 1.165) is 16.9 Å². The maximum atomic E-state index is 12.1. The van der Waals surface area contributed by atoms with Crippen LogP contribution in [0.3, 0.4) is 0 Å². The van der Waals surface area contributed by atoms with Gasteiger partial charge in [0.2, 0.25) is 10.1 Å². The molecule has 2 heterocycles. The number of benzene rings is 1. The lowest BCUT2D eigenvalue weighted by Gasteiger charge is -2.00. The van der Waals surface area contributed by atoms with Gasteiger partial charge in [0.15, 0.2) is 0 Å². The molecule has 0 radical (unpaired) electrons. The quantitative estimate of drug-likeness (QED) is 0.771. The van der Waals surface area contributed by atoms with Crippen molar-refractivity contribution in [2.75, 3.05) is 5.73 Å². The smallest absolute Gasteiger partial charge is 0.297 e. The standard InChI is InChI=1S/C11H8ClN5OS/c12-7-3-1-6(2-4-7)5-8-9(18)17-11(15-14-8)19-10(13)16-17/h1-4H,5H2,(H2,13,16). The molecular formula is C11H8ClN5OS. The SMILES string of the molecule is Nc1nn2c(=O)c(Cc3ccc(Cl)cc3)nnc2s1. The highest BCUT2D eigenvalue weighted by Crippen LogP contribution is 2.13. The van der Waals surface area contributed by atoms with Gasteiger partial charge in [-0.05, 0) is 17.7 Å². The van der Waals surface area contributed by atoms with Gasteiger partial charge < -0.3 is 5.73 Å². The van der Waals surface area contributed by atoms with E-state index in [1.165, 1.54) is 4.52 Å². The zero-order valence-corrected chi connectivity index (χ0v) is 11.1. The molecule has 0 aliphatic heterocycles. The first-order valence-corrected chi connectivity index (χ1v) is 6.58. The van der Waals surface area contributed by atoms with Gasteiger partial charge in [0.1, 0.15) is 5.69 Å². The highest BCUT2D eigenvalue weighted by atomic mass is 35.5. The monoisotopic (exact) mass is 293 g/mol. The van der Waals surface area contributed by atoms with E-state index in [1.807, 2.05) is 12.1 Å². The van der Waals surface area contributed by atoms with Crippen molar-refractivity contribution in [2.45, 2.75) is 6.42 Å². The van der Waals surface area contributed by atoms with Gasteiger partial charge in [0.05, 0.1) is 0 Å². The Balaban J connectivity index is 2.03. The Labute approximate surface area is 116 Å². The van der Waals surface area contributed by atoms with Crippen molar-refractivity contribution in [3.05, 3.63) is 50.9 Å². The second-order valence-corrected chi connectivity index (χ2v) is 5.31. The Bertz CT molecular complexity index is 795. The number of nitrogens with zero attached hydrogens (tertiary/aromatic N) is 4. The average molecular weight is 294 g/mol. The molecule has 0 spiro atoms. The van der Waals surface area contributed by atoms with E-state index >= 15 is 0 Å². The van der Waals surface area contributed by atoms with Crippen molar-refractivity contribution in [1.29, 1.82) is 0 Å². The lowest BCUT2D eigenvalue weighted by atomic mass is 10.1. The first-order chi connectivity index (χ1) is 9.13. The van der Waals surface area contributed by atoms with Crippen molar-refractivity contribution in [1.82, 2.24) is 19.8 Å². The summed E-state index contributed by atoms with van der Waals surface area (Å²) in [6.07, 6.45) is 0.378. The predicted molar refractivity (Wildman–Crippen MR) is 73.6 cm³/mol. The molecule has 0 saturated carbocycles. The van der Waals surface area contributed by atoms with E-state index in [4.69, 9.17) is 17.3 Å². The third-order valence-electron chi connectivity index (χ3n) is 2.56.